The number of carbonyl (C=O) groups excluding carboxylic acids is 2. The van der Waals surface area contributed by atoms with Crippen molar-refractivity contribution in [1.82, 2.24) is 0 Å². The maximum Gasteiger partial charge on any atom is 0.350 e. The molecule has 0 unspecified atom stereocenters. The molecule has 21 heavy (non-hydrogen) atoms. The normalized spacial score (nSPS) is 10.2. The highest BCUT2D eigenvalue weighted by Gasteiger charge is 2.19. The zero-order chi connectivity index (χ0) is 15.6. The summed E-state index contributed by atoms with van der Waals surface area (Å²) >= 11 is 1.24. The van der Waals surface area contributed by atoms with E-state index in [2.05, 4.69) is 5.32 Å². The Labute approximate surface area is 126 Å². The Morgan fingerprint density at radius 2 is 1.95 bits per heavy atom. The molecule has 1 aromatic carbocycles. The van der Waals surface area contributed by atoms with Gasteiger partial charge in [0.2, 0.25) is 0 Å². The van der Waals surface area contributed by atoms with Gasteiger partial charge in [0.15, 0.2) is 0 Å². The SMILES string of the molecule is COC(=O)c1scc(C)c1NC(=O)c1ccc(C)c(N)c1. The third-order valence-electron chi connectivity index (χ3n) is 3.13. The fourth-order valence-corrected chi connectivity index (χ4v) is 2.73. The van der Waals surface area contributed by atoms with Crippen molar-refractivity contribution in [2.45, 2.75) is 13.8 Å². The van der Waals surface area contributed by atoms with Crippen LogP contribution in [0, 0.1) is 13.8 Å². The van der Waals surface area contributed by atoms with Crippen LogP contribution in [0.1, 0.15) is 31.2 Å². The molecule has 0 bridgehead atoms. The van der Waals surface area contributed by atoms with E-state index < -0.39 is 5.97 Å². The quantitative estimate of drug-likeness (QED) is 0.674. The molecule has 0 aliphatic carbocycles. The lowest BCUT2D eigenvalue weighted by Gasteiger charge is -2.08. The first-order valence-corrected chi connectivity index (χ1v) is 7.16. The Morgan fingerprint density at radius 3 is 2.57 bits per heavy atom. The maximum absolute atomic E-state index is 12.3. The number of amides is 1. The second-order valence-corrected chi connectivity index (χ2v) is 5.52. The van der Waals surface area contributed by atoms with Crippen molar-refractivity contribution in [2.24, 2.45) is 0 Å². The molecule has 3 N–H and O–H groups in total. The summed E-state index contributed by atoms with van der Waals surface area (Å²) in [6.45, 7) is 3.69. The fourth-order valence-electron chi connectivity index (χ4n) is 1.81. The van der Waals surface area contributed by atoms with E-state index in [1.54, 1.807) is 23.6 Å². The minimum Gasteiger partial charge on any atom is -0.465 e. The molecule has 0 spiro atoms. The minimum atomic E-state index is -0.466. The molecule has 2 rings (SSSR count). The van der Waals surface area contributed by atoms with Gasteiger partial charge in [0, 0.05) is 11.3 Å². The van der Waals surface area contributed by atoms with E-state index in [0.717, 1.165) is 11.1 Å². The van der Waals surface area contributed by atoms with Gasteiger partial charge in [-0.3, -0.25) is 4.79 Å². The molecule has 2 aromatic rings. The molecule has 0 atom stereocenters. The highest BCUT2D eigenvalue weighted by molar-refractivity contribution is 7.12. The summed E-state index contributed by atoms with van der Waals surface area (Å²) in [4.78, 5) is 24.3. The van der Waals surface area contributed by atoms with Gasteiger partial charge in [0.05, 0.1) is 12.8 Å². The highest BCUT2D eigenvalue weighted by Crippen LogP contribution is 2.29. The third-order valence-corrected chi connectivity index (χ3v) is 4.20. The van der Waals surface area contributed by atoms with E-state index in [-0.39, 0.29) is 5.91 Å². The number of benzene rings is 1. The first-order chi connectivity index (χ1) is 9.93. The number of thiophene rings is 1. The van der Waals surface area contributed by atoms with E-state index in [9.17, 15) is 9.59 Å². The van der Waals surface area contributed by atoms with E-state index in [0.29, 0.717) is 21.8 Å². The third kappa shape index (κ3) is 3.05. The van der Waals surface area contributed by atoms with Crippen LogP contribution in [-0.2, 0) is 4.74 Å². The summed E-state index contributed by atoms with van der Waals surface area (Å²) in [6.07, 6.45) is 0. The van der Waals surface area contributed by atoms with E-state index in [4.69, 9.17) is 10.5 Å². The van der Waals surface area contributed by atoms with Crippen LogP contribution in [0.5, 0.6) is 0 Å². The van der Waals surface area contributed by atoms with E-state index in [1.807, 2.05) is 13.8 Å². The molecule has 6 heteroatoms. The number of nitrogens with one attached hydrogen (secondary N) is 1. The molecule has 0 saturated heterocycles. The van der Waals surface area contributed by atoms with Crippen molar-refractivity contribution >= 4 is 34.6 Å². The van der Waals surface area contributed by atoms with Crippen LogP contribution in [0.15, 0.2) is 23.6 Å². The van der Waals surface area contributed by atoms with Crippen LogP contribution in [0.3, 0.4) is 0 Å². The molecule has 1 heterocycles. The average molecular weight is 304 g/mol. The van der Waals surface area contributed by atoms with Gasteiger partial charge >= 0.3 is 5.97 Å². The van der Waals surface area contributed by atoms with E-state index in [1.165, 1.54) is 18.4 Å². The van der Waals surface area contributed by atoms with Gasteiger partial charge in [-0.25, -0.2) is 4.79 Å². The van der Waals surface area contributed by atoms with Crippen LogP contribution in [0.25, 0.3) is 0 Å². The number of rotatable bonds is 3. The van der Waals surface area contributed by atoms with Crippen molar-refractivity contribution in [1.29, 1.82) is 0 Å². The lowest BCUT2D eigenvalue weighted by Crippen LogP contribution is -2.15. The number of anilines is 2. The Morgan fingerprint density at radius 1 is 1.24 bits per heavy atom. The number of hydrogen-bond acceptors (Lipinski definition) is 5. The van der Waals surface area contributed by atoms with Crippen molar-refractivity contribution in [3.8, 4) is 0 Å². The molecule has 110 valence electrons. The van der Waals surface area contributed by atoms with Gasteiger partial charge in [0.25, 0.3) is 5.91 Å². The molecule has 1 amide bonds. The molecule has 0 fully saturated rings. The average Bonchev–Trinajstić information content (AvgIpc) is 2.82. The number of nitrogens with two attached hydrogens (primary N) is 1. The lowest BCUT2D eigenvalue weighted by atomic mass is 10.1. The first kappa shape index (κ1) is 15.1. The summed E-state index contributed by atoms with van der Waals surface area (Å²) in [5.41, 5.74) is 9.01. The monoisotopic (exact) mass is 304 g/mol. The van der Waals surface area contributed by atoms with Crippen LogP contribution >= 0.6 is 11.3 Å². The molecular formula is C15H16N2O3S. The van der Waals surface area contributed by atoms with Crippen LogP contribution in [0.2, 0.25) is 0 Å². The molecule has 0 aliphatic rings. The predicted octanol–water partition coefficient (Wildman–Crippen LogP) is 2.99. The highest BCUT2D eigenvalue weighted by atomic mass is 32.1. The summed E-state index contributed by atoms with van der Waals surface area (Å²) in [5, 5.41) is 4.55. The Bertz CT molecular complexity index is 707. The van der Waals surface area contributed by atoms with Gasteiger partial charge in [-0.2, -0.15) is 0 Å². The van der Waals surface area contributed by atoms with Crippen LogP contribution in [-0.4, -0.2) is 19.0 Å². The Hall–Kier alpha value is -2.34. The number of methoxy groups -OCH3 is 1. The number of ether oxygens (including phenoxy) is 1. The summed E-state index contributed by atoms with van der Waals surface area (Å²) in [6, 6.07) is 5.09. The Balaban J connectivity index is 2.29. The van der Waals surface area contributed by atoms with Crippen LogP contribution < -0.4 is 11.1 Å². The summed E-state index contributed by atoms with van der Waals surface area (Å²) in [7, 11) is 1.31. The van der Waals surface area contributed by atoms with Crippen molar-refractivity contribution in [2.75, 3.05) is 18.2 Å². The topological polar surface area (TPSA) is 81.4 Å². The minimum absolute atomic E-state index is 0.312. The van der Waals surface area contributed by atoms with Gasteiger partial charge in [-0.1, -0.05) is 6.07 Å². The number of carbonyl (C=O) groups is 2. The number of hydrogen-bond donors (Lipinski definition) is 2. The smallest absolute Gasteiger partial charge is 0.350 e. The van der Waals surface area contributed by atoms with E-state index >= 15 is 0 Å². The Kier molecular flexibility index (Phi) is 4.28. The molecule has 0 radical (unpaired) electrons. The van der Waals surface area contributed by atoms with Gasteiger partial charge in [-0.05, 0) is 42.5 Å². The number of aryl methyl sites for hydroxylation is 2. The standard InChI is InChI=1S/C15H16N2O3S/c1-8-4-5-10(6-11(8)16)14(18)17-12-9(2)7-21-13(12)15(19)20-3/h4-7H,16H2,1-3H3,(H,17,18). The number of esters is 1. The van der Waals surface area contributed by atoms with Crippen LogP contribution in [0.4, 0.5) is 11.4 Å². The van der Waals surface area contributed by atoms with Crippen molar-refractivity contribution in [3.05, 3.63) is 45.1 Å². The van der Waals surface area contributed by atoms with Crippen molar-refractivity contribution in [3.63, 3.8) is 0 Å². The zero-order valence-electron chi connectivity index (χ0n) is 12.0. The van der Waals surface area contributed by atoms with Gasteiger partial charge in [-0.15, -0.1) is 11.3 Å². The largest absolute Gasteiger partial charge is 0.465 e. The second-order valence-electron chi connectivity index (χ2n) is 4.64. The fraction of sp³-hybridized carbons (Fsp3) is 0.200. The molecular weight excluding hydrogens is 288 g/mol. The maximum atomic E-state index is 12.3. The summed E-state index contributed by atoms with van der Waals surface area (Å²) < 4.78 is 4.71. The summed E-state index contributed by atoms with van der Waals surface area (Å²) in [5.74, 6) is -0.778. The first-order valence-electron chi connectivity index (χ1n) is 6.28. The molecule has 5 nitrogen and oxygen atoms in total. The molecule has 0 saturated carbocycles. The predicted molar refractivity (Wildman–Crippen MR) is 83.9 cm³/mol. The van der Waals surface area contributed by atoms with Gasteiger partial charge < -0.3 is 15.8 Å². The van der Waals surface area contributed by atoms with Crippen molar-refractivity contribution < 1.29 is 14.3 Å². The zero-order valence-corrected chi connectivity index (χ0v) is 12.8. The second kappa shape index (κ2) is 5.97. The van der Waals surface area contributed by atoms with Gasteiger partial charge in [0.1, 0.15) is 4.88 Å². The molecule has 1 aromatic heterocycles. The lowest BCUT2D eigenvalue weighted by molar-refractivity contribution is 0.0607. The number of nitrogen functional groups attached to an aromatic ring is 1. The molecule has 0 aliphatic heterocycles.